The average Bonchev–Trinajstić information content (AvgIpc) is 3.47. The average molecular weight is 474 g/mol. The van der Waals surface area contributed by atoms with Gasteiger partial charge in [-0.05, 0) is 50.1 Å². The van der Waals surface area contributed by atoms with Crippen molar-refractivity contribution in [2.24, 2.45) is 5.92 Å². The molecule has 2 aromatic heterocycles. The molecule has 33 heavy (non-hydrogen) atoms. The number of aromatic nitrogens is 1. The number of hydrogen-bond acceptors (Lipinski definition) is 6. The number of rotatable bonds is 7. The zero-order valence-electron chi connectivity index (χ0n) is 18.0. The molecule has 0 spiro atoms. The minimum atomic E-state index is -3.91. The standard InChI is InChI=1S/C23H24FN3O5S/c1-16-22(21(32-26-16)9-8-17-5-2-3-7-20(17)24)33(29,30)27-12-10-18(11-13-27)23(28)25-15-19-6-4-14-31-19/h2-9,14,18H,10-13,15H2,1H3,(H,25,28)/b9-8+. The van der Waals surface area contributed by atoms with Gasteiger partial charge in [-0.3, -0.25) is 4.79 Å². The summed E-state index contributed by atoms with van der Waals surface area (Å²) in [5, 5.41) is 6.63. The predicted octanol–water partition coefficient (Wildman–Crippen LogP) is 3.60. The van der Waals surface area contributed by atoms with Crippen molar-refractivity contribution in [1.82, 2.24) is 14.8 Å². The van der Waals surface area contributed by atoms with Gasteiger partial charge in [0, 0.05) is 24.6 Å². The number of amides is 1. The summed E-state index contributed by atoms with van der Waals surface area (Å²) in [6.45, 7) is 2.23. The minimum Gasteiger partial charge on any atom is -0.467 e. The predicted molar refractivity (Wildman–Crippen MR) is 119 cm³/mol. The van der Waals surface area contributed by atoms with Gasteiger partial charge in [0.15, 0.2) is 10.7 Å². The normalized spacial score (nSPS) is 15.8. The molecule has 1 aromatic carbocycles. The third kappa shape index (κ3) is 5.07. The van der Waals surface area contributed by atoms with Gasteiger partial charge in [0.25, 0.3) is 0 Å². The van der Waals surface area contributed by atoms with Gasteiger partial charge in [-0.2, -0.15) is 4.31 Å². The maximum absolute atomic E-state index is 13.9. The number of nitrogens with zero attached hydrogens (tertiary/aromatic N) is 2. The van der Waals surface area contributed by atoms with Crippen LogP contribution in [0.3, 0.4) is 0 Å². The zero-order valence-corrected chi connectivity index (χ0v) is 18.8. The Labute approximate surface area is 191 Å². The first kappa shape index (κ1) is 22.9. The lowest BCUT2D eigenvalue weighted by Gasteiger charge is -2.30. The van der Waals surface area contributed by atoms with Gasteiger partial charge in [0.05, 0.1) is 12.8 Å². The lowest BCUT2D eigenvalue weighted by atomic mass is 9.97. The van der Waals surface area contributed by atoms with E-state index in [2.05, 4.69) is 10.5 Å². The molecule has 1 aliphatic heterocycles. The maximum Gasteiger partial charge on any atom is 0.248 e. The third-order valence-corrected chi connectivity index (χ3v) is 7.65. The number of carbonyl (C=O) groups excluding carboxylic acids is 1. The molecule has 3 aromatic rings. The number of hydrogen-bond donors (Lipinski definition) is 1. The second kappa shape index (κ2) is 9.72. The SMILES string of the molecule is Cc1noc(/C=C/c2ccccc2F)c1S(=O)(=O)N1CCC(C(=O)NCc2ccco2)CC1. The van der Waals surface area contributed by atoms with E-state index < -0.39 is 15.8 Å². The summed E-state index contributed by atoms with van der Waals surface area (Å²) in [4.78, 5) is 12.4. The molecule has 4 rings (SSSR count). The summed E-state index contributed by atoms with van der Waals surface area (Å²) in [5.74, 6) is -0.147. The molecule has 0 atom stereocenters. The molecule has 1 fully saturated rings. The van der Waals surface area contributed by atoms with E-state index in [4.69, 9.17) is 8.94 Å². The molecule has 0 radical (unpaired) electrons. The number of piperidine rings is 1. The second-order valence-electron chi connectivity index (χ2n) is 7.79. The van der Waals surface area contributed by atoms with Crippen molar-refractivity contribution in [2.45, 2.75) is 31.2 Å². The number of nitrogens with one attached hydrogen (secondary N) is 1. The molecule has 8 nitrogen and oxygen atoms in total. The first-order valence-corrected chi connectivity index (χ1v) is 12.0. The van der Waals surface area contributed by atoms with Crippen LogP contribution in [0.4, 0.5) is 4.39 Å². The summed E-state index contributed by atoms with van der Waals surface area (Å²) in [6.07, 6.45) is 5.18. The van der Waals surface area contributed by atoms with Crippen LogP contribution in [-0.4, -0.2) is 36.9 Å². The van der Waals surface area contributed by atoms with Crippen LogP contribution in [-0.2, 0) is 21.4 Å². The van der Waals surface area contributed by atoms with Crippen LogP contribution in [0.1, 0.15) is 35.6 Å². The molecule has 0 unspecified atom stereocenters. The van der Waals surface area contributed by atoms with E-state index in [0.717, 1.165) is 0 Å². The van der Waals surface area contributed by atoms with Gasteiger partial charge in [-0.1, -0.05) is 23.4 Å². The van der Waals surface area contributed by atoms with Crippen molar-refractivity contribution in [3.05, 3.63) is 71.3 Å². The molecule has 0 saturated carbocycles. The van der Waals surface area contributed by atoms with E-state index in [1.165, 1.54) is 28.8 Å². The second-order valence-corrected chi connectivity index (χ2v) is 9.67. The lowest BCUT2D eigenvalue weighted by Crippen LogP contribution is -2.43. The van der Waals surface area contributed by atoms with Crippen molar-refractivity contribution in [3.8, 4) is 0 Å². The highest BCUT2D eigenvalue weighted by atomic mass is 32.2. The van der Waals surface area contributed by atoms with Gasteiger partial charge in [-0.25, -0.2) is 12.8 Å². The third-order valence-electron chi connectivity index (χ3n) is 5.59. The molecule has 1 N–H and O–H groups in total. The van der Waals surface area contributed by atoms with Crippen LogP contribution in [0, 0.1) is 18.7 Å². The molecule has 10 heteroatoms. The number of sulfonamides is 1. The molecule has 1 amide bonds. The molecular weight excluding hydrogens is 449 g/mol. The highest BCUT2D eigenvalue weighted by Gasteiger charge is 2.35. The summed E-state index contributed by atoms with van der Waals surface area (Å²) < 4.78 is 52.3. The number of halogens is 1. The van der Waals surface area contributed by atoms with Gasteiger partial charge in [0.2, 0.25) is 15.9 Å². The maximum atomic E-state index is 13.9. The van der Waals surface area contributed by atoms with Crippen LogP contribution in [0.2, 0.25) is 0 Å². The highest BCUT2D eigenvalue weighted by Crippen LogP contribution is 2.29. The Kier molecular flexibility index (Phi) is 6.75. The van der Waals surface area contributed by atoms with Crippen LogP contribution < -0.4 is 5.32 Å². The summed E-state index contributed by atoms with van der Waals surface area (Å²) in [5.41, 5.74) is 0.526. The fraction of sp³-hybridized carbons (Fsp3) is 0.304. The van der Waals surface area contributed by atoms with E-state index >= 15 is 0 Å². The van der Waals surface area contributed by atoms with Crippen molar-refractivity contribution in [1.29, 1.82) is 0 Å². The monoisotopic (exact) mass is 473 g/mol. The molecule has 0 bridgehead atoms. The Hall–Kier alpha value is -3.24. The van der Waals surface area contributed by atoms with Gasteiger partial charge < -0.3 is 14.3 Å². The number of furan rings is 1. The zero-order chi connectivity index (χ0) is 23.4. The van der Waals surface area contributed by atoms with Gasteiger partial charge in [-0.15, -0.1) is 0 Å². The molecule has 1 aliphatic rings. The van der Waals surface area contributed by atoms with Crippen LogP contribution >= 0.6 is 0 Å². The first-order valence-electron chi connectivity index (χ1n) is 10.6. The molecule has 174 valence electrons. The van der Waals surface area contributed by atoms with E-state index in [0.29, 0.717) is 30.7 Å². The fourth-order valence-corrected chi connectivity index (χ4v) is 5.51. The van der Waals surface area contributed by atoms with Crippen LogP contribution in [0.5, 0.6) is 0 Å². The summed E-state index contributed by atoms with van der Waals surface area (Å²) in [6, 6.07) is 9.66. The Balaban J connectivity index is 1.43. The van der Waals surface area contributed by atoms with Crippen molar-refractivity contribution in [2.75, 3.05) is 13.1 Å². The van der Waals surface area contributed by atoms with Gasteiger partial charge >= 0.3 is 0 Å². The highest BCUT2D eigenvalue weighted by molar-refractivity contribution is 7.89. The molecule has 3 heterocycles. The molecule has 1 saturated heterocycles. The van der Waals surface area contributed by atoms with Crippen molar-refractivity contribution >= 4 is 28.1 Å². The van der Waals surface area contributed by atoms with E-state index in [9.17, 15) is 17.6 Å². The lowest BCUT2D eigenvalue weighted by molar-refractivity contribution is -0.126. The number of aryl methyl sites for hydroxylation is 1. The van der Waals surface area contributed by atoms with E-state index in [1.807, 2.05) is 0 Å². The quantitative estimate of drug-likeness (QED) is 0.562. The Morgan fingerprint density at radius 3 is 2.67 bits per heavy atom. The number of benzene rings is 1. The van der Waals surface area contributed by atoms with Crippen molar-refractivity contribution < 1.29 is 26.5 Å². The topological polar surface area (TPSA) is 106 Å². The van der Waals surface area contributed by atoms with Gasteiger partial charge in [0.1, 0.15) is 17.3 Å². The largest absolute Gasteiger partial charge is 0.467 e. The minimum absolute atomic E-state index is 0.0362. The Morgan fingerprint density at radius 2 is 1.97 bits per heavy atom. The Morgan fingerprint density at radius 1 is 1.21 bits per heavy atom. The van der Waals surface area contributed by atoms with E-state index in [-0.39, 0.29) is 41.3 Å². The van der Waals surface area contributed by atoms with Crippen LogP contribution in [0.25, 0.3) is 12.2 Å². The summed E-state index contributed by atoms with van der Waals surface area (Å²) >= 11 is 0. The fourth-order valence-electron chi connectivity index (χ4n) is 3.79. The summed E-state index contributed by atoms with van der Waals surface area (Å²) in [7, 11) is -3.91. The van der Waals surface area contributed by atoms with E-state index in [1.54, 1.807) is 37.3 Å². The molecule has 0 aliphatic carbocycles. The number of carbonyl (C=O) groups is 1. The Bertz CT molecular complexity index is 1240. The van der Waals surface area contributed by atoms with Crippen LogP contribution in [0.15, 0.2) is 56.5 Å². The molecular formula is C23H24FN3O5S. The van der Waals surface area contributed by atoms with Crippen molar-refractivity contribution in [3.63, 3.8) is 0 Å². The smallest absolute Gasteiger partial charge is 0.248 e. The first-order chi connectivity index (χ1) is 15.9.